The molecule has 19 heavy (non-hydrogen) atoms. The van der Waals surface area contributed by atoms with Crippen LogP contribution in [0.4, 0.5) is 5.69 Å². The van der Waals surface area contributed by atoms with Crippen LogP contribution in [0.3, 0.4) is 0 Å². The molecule has 0 unspecified atom stereocenters. The molecule has 2 aromatic rings. The third-order valence-electron chi connectivity index (χ3n) is 2.14. The van der Waals surface area contributed by atoms with Crippen molar-refractivity contribution >= 4 is 23.4 Å². The molecule has 0 aliphatic rings. The molecular formula is C10H8N4O4S. The summed E-state index contributed by atoms with van der Waals surface area (Å²) in [5.41, 5.74) is -0.246. The number of carbonyl (C=O) groups is 1. The van der Waals surface area contributed by atoms with Crippen LogP contribution >= 0.6 is 11.8 Å². The van der Waals surface area contributed by atoms with Crippen LogP contribution in [0.1, 0.15) is 10.5 Å². The maximum Gasteiger partial charge on any atom is 0.354 e. The average molecular weight is 280 g/mol. The van der Waals surface area contributed by atoms with Gasteiger partial charge in [-0.1, -0.05) is 11.8 Å². The maximum atomic E-state index is 10.8. The Morgan fingerprint density at radius 2 is 2.32 bits per heavy atom. The molecule has 0 bridgehead atoms. The van der Waals surface area contributed by atoms with E-state index in [0.29, 0.717) is 4.90 Å². The van der Waals surface area contributed by atoms with Crippen LogP contribution in [0.15, 0.2) is 34.4 Å². The normalized spacial score (nSPS) is 10.4. The first-order valence-electron chi connectivity index (χ1n) is 5.02. The Labute approximate surface area is 111 Å². The van der Waals surface area contributed by atoms with Gasteiger partial charge >= 0.3 is 11.7 Å². The second kappa shape index (κ2) is 5.06. The Balaban J connectivity index is 2.33. The van der Waals surface area contributed by atoms with E-state index in [1.807, 2.05) is 0 Å². The number of aryl methyl sites for hydroxylation is 1. The minimum atomic E-state index is -1.15. The van der Waals surface area contributed by atoms with Gasteiger partial charge < -0.3 is 5.11 Å². The lowest BCUT2D eigenvalue weighted by Gasteiger charge is -1.99. The lowest BCUT2D eigenvalue weighted by molar-refractivity contribution is -0.387. The zero-order valence-corrected chi connectivity index (χ0v) is 10.5. The Hall–Kier alpha value is -2.42. The predicted octanol–water partition coefficient (Wildman–Crippen LogP) is 1.57. The van der Waals surface area contributed by atoms with Gasteiger partial charge in [-0.3, -0.25) is 14.8 Å². The second-order valence-corrected chi connectivity index (χ2v) is 4.60. The third kappa shape index (κ3) is 2.88. The summed E-state index contributed by atoms with van der Waals surface area (Å²) in [4.78, 5) is 25.3. The van der Waals surface area contributed by atoms with Crippen LogP contribution in [0.25, 0.3) is 0 Å². The highest BCUT2D eigenvalue weighted by molar-refractivity contribution is 7.99. The van der Waals surface area contributed by atoms with Gasteiger partial charge in [-0.05, 0) is 12.1 Å². The number of carboxylic acid groups (broad SMARTS) is 1. The summed E-state index contributed by atoms with van der Waals surface area (Å²) >= 11 is 1.02. The summed E-state index contributed by atoms with van der Waals surface area (Å²) < 4.78 is 1.33. The fourth-order valence-electron chi connectivity index (χ4n) is 1.36. The van der Waals surface area contributed by atoms with E-state index in [9.17, 15) is 14.9 Å². The van der Waals surface area contributed by atoms with Crippen LogP contribution in [-0.2, 0) is 7.05 Å². The Kier molecular flexibility index (Phi) is 3.47. The molecule has 0 fully saturated rings. The number of hydrogen-bond donors (Lipinski definition) is 1. The van der Waals surface area contributed by atoms with Crippen LogP contribution in [0.5, 0.6) is 0 Å². The van der Waals surface area contributed by atoms with Crippen molar-refractivity contribution in [2.45, 2.75) is 9.92 Å². The number of aromatic carboxylic acids is 1. The van der Waals surface area contributed by atoms with Gasteiger partial charge in [-0.15, -0.1) is 0 Å². The highest BCUT2D eigenvalue weighted by Gasteiger charge is 2.20. The number of rotatable bonds is 4. The molecule has 0 atom stereocenters. The lowest BCUT2D eigenvalue weighted by Crippen LogP contribution is -1.99. The van der Waals surface area contributed by atoms with Crippen LogP contribution in [-0.4, -0.2) is 30.8 Å². The molecule has 9 heteroatoms. The van der Waals surface area contributed by atoms with E-state index >= 15 is 0 Å². The molecule has 0 aliphatic heterocycles. The van der Waals surface area contributed by atoms with E-state index in [2.05, 4.69) is 10.1 Å². The quantitative estimate of drug-likeness (QED) is 0.668. The van der Waals surface area contributed by atoms with Crippen molar-refractivity contribution < 1.29 is 14.8 Å². The van der Waals surface area contributed by atoms with E-state index in [4.69, 9.17) is 5.11 Å². The van der Waals surface area contributed by atoms with Gasteiger partial charge in [-0.25, -0.2) is 9.78 Å². The topological polar surface area (TPSA) is 111 Å². The summed E-state index contributed by atoms with van der Waals surface area (Å²) in [6, 6.07) is 2.90. The molecule has 0 amide bonds. The first-order chi connectivity index (χ1) is 8.97. The zero-order chi connectivity index (χ0) is 14.0. The summed E-state index contributed by atoms with van der Waals surface area (Å²) in [6.45, 7) is 0. The van der Waals surface area contributed by atoms with E-state index in [1.165, 1.54) is 23.1 Å². The first kappa shape index (κ1) is 13.0. The third-order valence-corrected chi connectivity index (χ3v) is 3.11. The molecular weight excluding hydrogens is 272 g/mol. The highest BCUT2D eigenvalue weighted by atomic mass is 32.2. The standard InChI is InChI=1S/C10H8N4O4S/c1-13-5-8(14(17)18)9(12-13)19-6-2-3-11-7(4-6)10(15)16/h2-5H,1H3,(H,15,16). The number of hydrogen-bond acceptors (Lipinski definition) is 6. The Morgan fingerprint density at radius 3 is 2.95 bits per heavy atom. The molecule has 2 aromatic heterocycles. The summed E-state index contributed by atoms with van der Waals surface area (Å²) in [7, 11) is 1.58. The molecule has 0 saturated heterocycles. The monoisotopic (exact) mass is 280 g/mol. The predicted molar refractivity (Wildman–Crippen MR) is 65.2 cm³/mol. The van der Waals surface area contributed by atoms with Gasteiger partial charge in [0.1, 0.15) is 11.9 Å². The highest BCUT2D eigenvalue weighted by Crippen LogP contribution is 2.33. The van der Waals surface area contributed by atoms with Crippen molar-refractivity contribution in [3.63, 3.8) is 0 Å². The van der Waals surface area contributed by atoms with Crippen molar-refractivity contribution in [2.24, 2.45) is 7.05 Å². The molecule has 0 aliphatic carbocycles. The molecule has 98 valence electrons. The summed E-state index contributed by atoms with van der Waals surface area (Å²) in [5.74, 6) is -1.15. The number of nitrogens with zero attached hydrogens (tertiary/aromatic N) is 4. The second-order valence-electron chi connectivity index (χ2n) is 3.53. The minimum absolute atomic E-state index is 0.122. The zero-order valence-electron chi connectivity index (χ0n) is 9.68. The van der Waals surface area contributed by atoms with Crippen molar-refractivity contribution in [3.05, 3.63) is 40.3 Å². The van der Waals surface area contributed by atoms with Crippen LogP contribution < -0.4 is 0 Å². The molecule has 0 radical (unpaired) electrons. The fraction of sp³-hybridized carbons (Fsp3) is 0.100. The van der Waals surface area contributed by atoms with E-state index in [0.717, 1.165) is 11.8 Å². The van der Waals surface area contributed by atoms with E-state index in [1.54, 1.807) is 13.1 Å². The molecule has 2 heterocycles. The largest absolute Gasteiger partial charge is 0.477 e. The number of nitro groups is 1. The lowest BCUT2D eigenvalue weighted by atomic mass is 10.3. The van der Waals surface area contributed by atoms with E-state index in [-0.39, 0.29) is 16.4 Å². The minimum Gasteiger partial charge on any atom is -0.477 e. The molecule has 2 rings (SSSR count). The Bertz CT molecular complexity index is 655. The maximum absolute atomic E-state index is 10.8. The number of aromatic nitrogens is 3. The SMILES string of the molecule is Cn1cc([N+](=O)[O-])c(Sc2ccnc(C(=O)O)c2)n1. The van der Waals surface area contributed by atoms with Crippen molar-refractivity contribution in [2.75, 3.05) is 0 Å². The van der Waals surface area contributed by atoms with Gasteiger partial charge in [-0.2, -0.15) is 5.10 Å². The fourth-order valence-corrected chi connectivity index (χ4v) is 2.28. The molecule has 1 N–H and O–H groups in total. The summed E-state index contributed by atoms with van der Waals surface area (Å²) in [5, 5.41) is 23.8. The van der Waals surface area contributed by atoms with Gasteiger partial charge in [0.05, 0.1) is 4.92 Å². The van der Waals surface area contributed by atoms with Gasteiger partial charge in [0.15, 0.2) is 0 Å². The van der Waals surface area contributed by atoms with E-state index < -0.39 is 10.9 Å². The molecule has 0 saturated carbocycles. The van der Waals surface area contributed by atoms with Gasteiger partial charge in [0.25, 0.3) is 0 Å². The first-order valence-corrected chi connectivity index (χ1v) is 5.84. The molecule has 0 aromatic carbocycles. The van der Waals surface area contributed by atoms with Gasteiger partial charge in [0.2, 0.25) is 5.03 Å². The smallest absolute Gasteiger partial charge is 0.354 e. The van der Waals surface area contributed by atoms with Crippen LogP contribution in [0.2, 0.25) is 0 Å². The van der Waals surface area contributed by atoms with Crippen molar-refractivity contribution in [1.29, 1.82) is 0 Å². The average Bonchev–Trinajstić information content (AvgIpc) is 2.70. The Morgan fingerprint density at radius 1 is 1.58 bits per heavy atom. The van der Waals surface area contributed by atoms with Crippen LogP contribution in [0, 0.1) is 10.1 Å². The number of carboxylic acids is 1. The van der Waals surface area contributed by atoms with Gasteiger partial charge in [0, 0.05) is 18.1 Å². The van der Waals surface area contributed by atoms with Crippen molar-refractivity contribution in [3.8, 4) is 0 Å². The molecule has 0 spiro atoms. The molecule has 8 nitrogen and oxygen atoms in total. The van der Waals surface area contributed by atoms with Crippen molar-refractivity contribution in [1.82, 2.24) is 14.8 Å². The number of pyridine rings is 1. The summed E-state index contributed by atoms with van der Waals surface area (Å²) in [6.07, 6.45) is 2.63.